The molecule has 1 aliphatic heterocycles. The van der Waals surface area contributed by atoms with Crippen LogP contribution in [0.2, 0.25) is 0 Å². The van der Waals surface area contributed by atoms with Gasteiger partial charge in [0, 0.05) is 25.2 Å². The van der Waals surface area contributed by atoms with Gasteiger partial charge in [-0.25, -0.2) is 0 Å². The third-order valence-corrected chi connectivity index (χ3v) is 4.73. The van der Waals surface area contributed by atoms with Gasteiger partial charge in [-0.3, -0.25) is 9.36 Å². The SMILES string of the molecule is CC(C)N1CCC(n2c(=S)[nH]c3ccccc3c2=O)CC1. The van der Waals surface area contributed by atoms with Crippen LogP contribution in [0.1, 0.15) is 32.7 Å². The molecule has 0 amide bonds. The molecule has 1 N–H and O–H groups in total. The van der Waals surface area contributed by atoms with Gasteiger partial charge in [-0.05, 0) is 51.0 Å². The minimum Gasteiger partial charge on any atom is -0.332 e. The summed E-state index contributed by atoms with van der Waals surface area (Å²) in [6, 6.07) is 8.35. The maximum Gasteiger partial charge on any atom is 0.262 e. The topological polar surface area (TPSA) is 41.0 Å². The molecule has 1 aromatic heterocycles. The second kappa shape index (κ2) is 5.73. The molecule has 5 heteroatoms. The number of piperidine rings is 1. The molecule has 0 bridgehead atoms. The zero-order valence-electron chi connectivity index (χ0n) is 12.5. The van der Waals surface area contributed by atoms with Gasteiger partial charge in [-0.2, -0.15) is 0 Å². The van der Waals surface area contributed by atoms with E-state index in [1.807, 2.05) is 24.3 Å². The van der Waals surface area contributed by atoms with Crippen LogP contribution in [0, 0.1) is 4.77 Å². The van der Waals surface area contributed by atoms with Crippen molar-refractivity contribution in [3.63, 3.8) is 0 Å². The average molecular weight is 303 g/mol. The molecule has 1 saturated heterocycles. The molecule has 0 spiro atoms. The lowest BCUT2D eigenvalue weighted by Crippen LogP contribution is -2.41. The lowest BCUT2D eigenvalue weighted by molar-refractivity contribution is 0.150. The highest BCUT2D eigenvalue weighted by Gasteiger charge is 2.23. The molecule has 3 rings (SSSR count). The summed E-state index contributed by atoms with van der Waals surface area (Å²) in [5, 5.41) is 0.720. The summed E-state index contributed by atoms with van der Waals surface area (Å²) in [5.41, 5.74) is 0.862. The summed E-state index contributed by atoms with van der Waals surface area (Å²) >= 11 is 5.42. The summed E-state index contributed by atoms with van der Waals surface area (Å²) in [6.07, 6.45) is 1.96. The summed E-state index contributed by atoms with van der Waals surface area (Å²) in [6.45, 7) is 6.48. The molecule has 1 fully saturated rings. The van der Waals surface area contributed by atoms with E-state index in [-0.39, 0.29) is 11.6 Å². The molecule has 0 atom stereocenters. The first kappa shape index (κ1) is 14.5. The van der Waals surface area contributed by atoms with E-state index in [4.69, 9.17) is 12.2 Å². The van der Waals surface area contributed by atoms with Crippen LogP contribution < -0.4 is 5.56 Å². The lowest BCUT2D eigenvalue weighted by Gasteiger charge is -2.35. The highest BCUT2D eigenvalue weighted by Crippen LogP contribution is 2.23. The average Bonchev–Trinajstić information content (AvgIpc) is 2.48. The van der Waals surface area contributed by atoms with Gasteiger partial charge in [0.05, 0.1) is 10.9 Å². The second-order valence-corrected chi connectivity index (χ2v) is 6.40. The number of aromatic nitrogens is 2. The van der Waals surface area contributed by atoms with Crippen LogP contribution in [-0.2, 0) is 0 Å². The Morgan fingerprint density at radius 1 is 1.24 bits per heavy atom. The first-order valence-corrected chi connectivity index (χ1v) is 7.96. The van der Waals surface area contributed by atoms with E-state index < -0.39 is 0 Å². The lowest BCUT2D eigenvalue weighted by atomic mass is 10.0. The van der Waals surface area contributed by atoms with Crippen molar-refractivity contribution in [1.29, 1.82) is 0 Å². The third kappa shape index (κ3) is 2.68. The zero-order chi connectivity index (χ0) is 15.0. The smallest absolute Gasteiger partial charge is 0.262 e. The Bertz CT molecular complexity index is 754. The molecular formula is C16H21N3OS. The molecule has 4 nitrogen and oxygen atoms in total. The van der Waals surface area contributed by atoms with Crippen LogP contribution in [0.3, 0.4) is 0 Å². The van der Waals surface area contributed by atoms with E-state index >= 15 is 0 Å². The standard InChI is InChI=1S/C16H21N3OS/c1-11(2)18-9-7-12(8-10-18)19-15(20)13-5-3-4-6-14(13)17-16(19)21/h3-6,11-12H,7-10H2,1-2H3,(H,17,21). The van der Waals surface area contributed by atoms with Crippen molar-refractivity contribution in [3.05, 3.63) is 39.4 Å². The fourth-order valence-corrected chi connectivity index (χ4v) is 3.51. The first-order chi connectivity index (χ1) is 10.1. The normalized spacial score (nSPS) is 17.7. The number of rotatable bonds is 2. The molecule has 0 aliphatic carbocycles. The number of benzene rings is 1. The first-order valence-electron chi connectivity index (χ1n) is 7.55. The van der Waals surface area contributed by atoms with Gasteiger partial charge in [0.2, 0.25) is 0 Å². The van der Waals surface area contributed by atoms with Crippen molar-refractivity contribution in [2.75, 3.05) is 13.1 Å². The number of nitrogens with zero attached hydrogens (tertiary/aromatic N) is 2. The molecule has 2 heterocycles. The minimum absolute atomic E-state index is 0.0392. The third-order valence-electron chi connectivity index (χ3n) is 4.43. The van der Waals surface area contributed by atoms with Gasteiger partial charge in [0.15, 0.2) is 4.77 Å². The summed E-state index contributed by atoms with van der Waals surface area (Å²) in [7, 11) is 0. The molecule has 0 unspecified atom stereocenters. The molecule has 0 saturated carbocycles. The number of aromatic amines is 1. The van der Waals surface area contributed by atoms with E-state index in [1.165, 1.54) is 0 Å². The number of likely N-dealkylation sites (tertiary alicyclic amines) is 1. The predicted octanol–water partition coefficient (Wildman–Crippen LogP) is 3.10. The van der Waals surface area contributed by atoms with Gasteiger partial charge in [0.1, 0.15) is 0 Å². The maximum absolute atomic E-state index is 12.7. The van der Waals surface area contributed by atoms with E-state index in [2.05, 4.69) is 23.7 Å². The fourth-order valence-electron chi connectivity index (χ4n) is 3.17. The Kier molecular flexibility index (Phi) is 3.95. The predicted molar refractivity (Wildman–Crippen MR) is 88.4 cm³/mol. The van der Waals surface area contributed by atoms with Gasteiger partial charge in [0.25, 0.3) is 5.56 Å². The number of para-hydroxylation sites is 1. The zero-order valence-corrected chi connectivity index (χ0v) is 13.3. The number of nitrogens with one attached hydrogen (secondary N) is 1. The number of hydrogen-bond donors (Lipinski definition) is 1. The van der Waals surface area contributed by atoms with Crippen LogP contribution in [0.25, 0.3) is 10.9 Å². The van der Waals surface area contributed by atoms with Crippen molar-refractivity contribution in [1.82, 2.24) is 14.5 Å². The number of hydrogen-bond acceptors (Lipinski definition) is 3. The maximum atomic E-state index is 12.7. The molecule has 2 aromatic rings. The Labute approximate surface area is 129 Å². The van der Waals surface area contributed by atoms with Gasteiger partial charge in [-0.15, -0.1) is 0 Å². The Morgan fingerprint density at radius 2 is 1.90 bits per heavy atom. The molecule has 112 valence electrons. The molecule has 1 aliphatic rings. The monoisotopic (exact) mass is 303 g/mol. The summed E-state index contributed by atoms with van der Waals surface area (Å²) < 4.78 is 2.33. The second-order valence-electron chi connectivity index (χ2n) is 6.01. The van der Waals surface area contributed by atoms with E-state index in [9.17, 15) is 4.79 Å². The van der Waals surface area contributed by atoms with Crippen molar-refractivity contribution in [2.45, 2.75) is 38.8 Å². The quantitative estimate of drug-likeness (QED) is 0.867. The minimum atomic E-state index is 0.0392. The highest BCUT2D eigenvalue weighted by molar-refractivity contribution is 7.71. The Balaban J connectivity index is 1.98. The van der Waals surface area contributed by atoms with Crippen LogP contribution in [0.5, 0.6) is 0 Å². The largest absolute Gasteiger partial charge is 0.332 e. The molecule has 0 radical (unpaired) electrons. The molecule has 1 aromatic carbocycles. The van der Waals surface area contributed by atoms with Crippen LogP contribution in [0.15, 0.2) is 29.1 Å². The van der Waals surface area contributed by atoms with Crippen LogP contribution in [0.4, 0.5) is 0 Å². The van der Waals surface area contributed by atoms with Crippen molar-refractivity contribution < 1.29 is 0 Å². The van der Waals surface area contributed by atoms with Crippen LogP contribution in [-0.4, -0.2) is 33.6 Å². The van der Waals surface area contributed by atoms with E-state index in [0.29, 0.717) is 10.8 Å². The van der Waals surface area contributed by atoms with Gasteiger partial charge in [-0.1, -0.05) is 12.1 Å². The van der Waals surface area contributed by atoms with E-state index in [0.717, 1.165) is 36.8 Å². The van der Waals surface area contributed by atoms with Crippen molar-refractivity contribution in [3.8, 4) is 0 Å². The fraction of sp³-hybridized carbons (Fsp3) is 0.500. The van der Waals surface area contributed by atoms with Gasteiger partial charge < -0.3 is 9.88 Å². The van der Waals surface area contributed by atoms with Crippen molar-refractivity contribution >= 4 is 23.1 Å². The van der Waals surface area contributed by atoms with Crippen LogP contribution >= 0.6 is 12.2 Å². The number of fused-ring (bicyclic) bond motifs is 1. The van der Waals surface area contributed by atoms with E-state index in [1.54, 1.807) is 4.57 Å². The Hall–Kier alpha value is -1.46. The summed E-state index contributed by atoms with van der Waals surface area (Å²) in [4.78, 5) is 18.4. The Morgan fingerprint density at radius 3 is 2.57 bits per heavy atom. The summed E-state index contributed by atoms with van der Waals surface area (Å²) in [5.74, 6) is 0. The van der Waals surface area contributed by atoms with Crippen molar-refractivity contribution in [2.24, 2.45) is 0 Å². The molecule has 21 heavy (non-hydrogen) atoms. The van der Waals surface area contributed by atoms with Gasteiger partial charge >= 0.3 is 0 Å². The molecular weight excluding hydrogens is 282 g/mol. The highest BCUT2D eigenvalue weighted by atomic mass is 32.1. The number of H-pyrrole nitrogens is 1.